The Morgan fingerprint density at radius 1 is 1.29 bits per heavy atom. The van der Waals surface area contributed by atoms with Gasteiger partial charge in [-0.2, -0.15) is 0 Å². The monoisotopic (exact) mass is 468 g/mol. The third-order valence-corrected chi connectivity index (χ3v) is 5.59. The number of hydrogen-bond acceptors (Lipinski definition) is 6. The number of anilines is 2. The molecule has 1 fully saturated rings. The first-order valence-corrected chi connectivity index (χ1v) is 11.0. The van der Waals surface area contributed by atoms with Crippen LogP contribution in [0.4, 0.5) is 15.2 Å². The molecule has 0 saturated carbocycles. The van der Waals surface area contributed by atoms with Crippen LogP contribution < -0.4 is 15.5 Å². The fourth-order valence-electron chi connectivity index (χ4n) is 3.03. The number of aromatic nitrogens is 1. The number of rotatable bonds is 9. The van der Waals surface area contributed by atoms with Gasteiger partial charge >= 0.3 is 0 Å². The zero-order chi connectivity index (χ0) is 22.2. The van der Waals surface area contributed by atoms with Gasteiger partial charge in [-0.05, 0) is 31.0 Å². The van der Waals surface area contributed by atoms with Gasteiger partial charge in [-0.15, -0.1) is 11.3 Å². The number of thiazole rings is 1. The Labute approximate surface area is 187 Å². The van der Waals surface area contributed by atoms with E-state index in [1.54, 1.807) is 11.6 Å². The van der Waals surface area contributed by atoms with Crippen molar-refractivity contribution in [3.63, 3.8) is 0 Å². The fraction of sp³-hybridized carbons (Fsp3) is 0.400. The van der Waals surface area contributed by atoms with Crippen molar-refractivity contribution >= 4 is 51.5 Å². The second-order valence-electron chi connectivity index (χ2n) is 6.90. The largest absolute Gasteiger partial charge is 0.376 e. The van der Waals surface area contributed by atoms with Gasteiger partial charge < -0.3 is 20.3 Å². The minimum Gasteiger partial charge on any atom is -0.376 e. The van der Waals surface area contributed by atoms with Crippen LogP contribution in [0.1, 0.15) is 25.7 Å². The van der Waals surface area contributed by atoms with Gasteiger partial charge in [0.15, 0.2) is 5.13 Å². The van der Waals surface area contributed by atoms with Crippen LogP contribution in [0.25, 0.3) is 0 Å². The summed E-state index contributed by atoms with van der Waals surface area (Å²) >= 11 is 7.12. The number of hydrogen-bond donors (Lipinski definition) is 2. The first-order valence-electron chi connectivity index (χ1n) is 9.75. The van der Waals surface area contributed by atoms with E-state index in [9.17, 15) is 18.8 Å². The number of halogens is 2. The highest BCUT2D eigenvalue weighted by molar-refractivity contribution is 7.13. The Balaban J connectivity index is 1.62. The van der Waals surface area contributed by atoms with E-state index in [1.165, 1.54) is 28.4 Å². The minimum atomic E-state index is -0.636. The Bertz CT molecular complexity index is 922. The van der Waals surface area contributed by atoms with Crippen LogP contribution in [-0.4, -0.2) is 48.5 Å². The molecule has 2 heterocycles. The topological polar surface area (TPSA) is 101 Å². The number of carbonyl (C=O) groups excluding carboxylic acids is 3. The molecule has 1 saturated heterocycles. The van der Waals surface area contributed by atoms with Gasteiger partial charge in [0.05, 0.1) is 11.1 Å². The van der Waals surface area contributed by atoms with Crippen molar-refractivity contribution in [1.82, 2.24) is 10.3 Å². The summed E-state index contributed by atoms with van der Waals surface area (Å²) in [4.78, 5) is 42.5. The summed E-state index contributed by atoms with van der Waals surface area (Å²) in [5.41, 5.74) is 0.268. The fourth-order valence-corrected chi connectivity index (χ4v) is 3.75. The zero-order valence-corrected chi connectivity index (χ0v) is 18.2. The quantitative estimate of drug-likeness (QED) is 0.589. The lowest BCUT2D eigenvalue weighted by atomic mass is 10.2. The average molecular weight is 469 g/mol. The lowest BCUT2D eigenvalue weighted by molar-refractivity contribution is -0.125. The molecule has 1 atom stereocenters. The van der Waals surface area contributed by atoms with E-state index in [2.05, 4.69) is 15.6 Å². The van der Waals surface area contributed by atoms with Crippen LogP contribution in [-0.2, 0) is 19.1 Å². The van der Waals surface area contributed by atoms with E-state index in [-0.39, 0.29) is 42.1 Å². The SMILES string of the molecule is O=C(CN(C(=O)CCC(=O)Nc1nccs1)c1ccc(F)c(Cl)c1)NC[C@@H]1CCCO1. The molecule has 1 aromatic carbocycles. The van der Waals surface area contributed by atoms with Gasteiger partial charge in [-0.3, -0.25) is 14.4 Å². The van der Waals surface area contributed by atoms with Crippen molar-refractivity contribution in [3.05, 3.63) is 40.6 Å². The van der Waals surface area contributed by atoms with E-state index in [4.69, 9.17) is 16.3 Å². The molecule has 8 nitrogen and oxygen atoms in total. The van der Waals surface area contributed by atoms with Crippen LogP contribution >= 0.6 is 22.9 Å². The first-order chi connectivity index (χ1) is 14.9. The summed E-state index contributed by atoms with van der Waals surface area (Å²) in [7, 11) is 0. The molecule has 3 rings (SSSR count). The van der Waals surface area contributed by atoms with E-state index in [1.807, 2.05) is 0 Å². The molecule has 0 spiro atoms. The molecule has 2 aromatic rings. The Morgan fingerprint density at radius 3 is 2.81 bits per heavy atom. The van der Waals surface area contributed by atoms with Crippen LogP contribution in [0, 0.1) is 5.82 Å². The van der Waals surface area contributed by atoms with Crippen molar-refractivity contribution in [3.8, 4) is 0 Å². The molecule has 2 N–H and O–H groups in total. The highest BCUT2D eigenvalue weighted by Gasteiger charge is 2.22. The number of ether oxygens (including phenoxy) is 1. The number of nitrogens with one attached hydrogen (secondary N) is 2. The number of benzene rings is 1. The standard InChI is InChI=1S/C20H22ClFN4O4S/c21-15-10-13(3-4-16(15)22)26(12-18(28)24-11-14-2-1-8-30-14)19(29)6-5-17(27)25-20-23-7-9-31-20/h3-4,7,9-10,14H,1-2,5-6,8,11-12H2,(H,24,28)(H,23,25,27)/t14-/m0/s1. The normalized spacial score (nSPS) is 15.5. The molecule has 0 bridgehead atoms. The molecule has 1 aliphatic rings. The third kappa shape index (κ3) is 6.98. The molecular weight excluding hydrogens is 447 g/mol. The van der Waals surface area contributed by atoms with E-state index in [0.717, 1.165) is 18.9 Å². The summed E-state index contributed by atoms with van der Waals surface area (Å²) in [6.07, 6.45) is 3.09. The summed E-state index contributed by atoms with van der Waals surface area (Å²) in [6, 6.07) is 3.76. The van der Waals surface area contributed by atoms with Crippen molar-refractivity contribution in [2.45, 2.75) is 31.8 Å². The predicted octanol–water partition coefficient (Wildman–Crippen LogP) is 2.98. The second kappa shape index (κ2) is 11.2. The Kier molecular flexibility index (Phi) is 8.33. The zero-order valence-electron chi connectivity index (χ0n) is 16.6. The van der Waals surface area contributed by atoms with Crippen LogP contribution in [0.5, 0.6) is 0 Å². The minimum absolute atomic E-state index is 0.0390. The summed E-state index contributed by atoms with van der Waals surface area (Å²) in [5.74, 6) is -1.87. The van der Waals surface area contributed by atoms with Gasteiger partial charge in [0.2, 0.25) is 17.7 Å². The van der Waals surface area contributed by atoms with Crippen LogP contribution in [0.2, 0.25) is 5.02 Å². The molecule has 0 unspecified atom stereocenters. The summed E-state index contributed by atoms with van der Waals surface area (Å²) in [6.45, 7) is 0.727. The van der Waals surface area contributed by atoms with E-state index < -0.39 is 17.6 Å². The van der Waals surface area contributed by atoms with Gasteiger partial charge in [0, 0.05) is 43.3 Å². The Morgan fingerprint density at radius 2 is 2.13 bits per heavy atom. The lowest BCUT2D eigenvalue weighted by Gasteiger charge is -2.23. The van der Waals surface area contributed by atoms with Gasteiger partial charge in [-0.25, -0.2) is 9.37 Å². The lowest BCUT2D eigenvalue weighted by Crippen LogP contribution is -2.43. The molecule has 3 amide bonds. The van der Waals surface area contributed by atoms with Gasteiger partial charge in [0.1, 0.15) is 12.4 Å². The Hall–Kier alpha value is -2.56. The highest BCUT2D eigenvalue weighted by Crippen LogP contribution is 2.23. The van der Waals surface area contributed by atoms with Crippen LogP contribution in [0.3, 0.4) is 0 Å². The molecular formula is C20H22ClFN4O4S. The van der Waals surface area contributed by atoms with Crippen molar-refractivity contribution in [1.29, 1.82) is 0 Å². The molecule has 1 aromatic heterocycles. The van der Waals surface area contributed by atoms with Crippen LogP contribution in [0.15, 0.2) is 29.8 Å². The summed E-state index contributed by atoms with van der Waals surface area (Å²) in [5, 5.41) is 7.33. The molecule has 1 aliphatic heterocycles. The average Bonchev–Trinajstić information content (AvgIpc) is 3.45. The van der Waals surface area contributed by atoms with E-state index in [0.29, 0.717) is 18.3 Å². The van der Waals surface area contributed by atoms with Crippen molar-refractivity contribution < 1.29 is 23.5 Å². The molecule has 0 aliphatic carbocycles. The molecule has 11 heteroatoms. The number of carbonyl (C=O) groups is 3. The van der Waals surface area contributed by atoms with Gasteiger partial charge in [-0.1, -0.05) is 11.6 Å². The molecule has 0 radical (unpaired) electrons. The maximum atomic E-state index is 13.6. The van der Waals surface area contributed by atoms with Crippen molar-refractivity contribution in [2.75, 3.05) is 29.9 Å². The summed E-state index contributed by atoms with van der Waals surface area (Å²) < 4.78 is 19.0. The smallest absolute Gasteiger partial charge is 0.240 e. The predicted molar refractivity (Wildman–Crippen MR) is 116 cm³/mol. The highest BCUT2D eigenvalue weighted by atomic mass is 35.5. The van der Waals surface area contributed by atoms with E-state index >= 15 is 0 Å². The molecule has 31 heavy (non-hydrogen) atoms. The maximum absolute atomic E-state index is 13.6. The molecule has 166 valence electrons. The van der Waals surface area contributed by atoms with Gasteiger partial charge in [0.25, 0.3) is 0 Å². The number of amides is 3. The number of nitrogens with zero attached hydrogens (tertiary/aromatic N) is 2. The van der Waals surface area contributed by atoms with Crippen molar-refractivity contribution in [2.24, 2.45) is 0 Å². The third-order valence-electron chi connectivity index (χ3n) is 4.61. The maximum Gasteiger partial charge on any atom is 0.240 e. The second-order valence-corrected chi connectivity index (χ2v) is 8.20. The first kappa shape index (κ1) is 23.1.